The van der Waals surface area contributed by atoms with Gasteiger partial charge in [-0.2, -0.15) is 13.2 Å². The van der Waals surface area contributed by atoms with Crippen LogP contribution in [0.5, 0.6) is 0 Å². The lowest BCUT2D eigenvalue weighted by molar-refractivity contribution is -0.138. The smallest absolute Gasteiger partial charge is 0.417 e. The van der Waals surface area contributed by atoms with Gasteiger partial charge in [-0.1, -0.05) is 15.9 Å². The third-order valence-corrected chi connectivity index (χ3v) is 3.29. The highest BCUT2D eigenvalue weighted by molar-refractivity contribution is 9.10. The number of alkyl halides is 3. The van der Waals surface area contributed by atoms with Crippen molar-refractivity contribution in [3.8, 4) is 0 Å². The number of aliphatic carboxylic acids is 1. The van der Waals surface area contributed by atoms with E-state index in [0.29, 0.717) is 12.8 Å². The molecule has 0 aliphatic heterocycles. The summed E-state index contributed by atoms with van der Waals surface area (Å²) in [7, 11) is 0. The first-order valence-corrected chi connectivity index (χ1v) is 6.88. The van der Waals surface area contributed by atoms with Crippen LogP contribution in [0.15, 0.2) is 22.7 Å². The molecule has 0 spiro atoms. The summed E-state index contributed by atoms with van der Waals surface area (Å²) < 4.78 is 38.0. The summed E-state index contributed by atoms with van der Waals surface area (Å²) in [6.07, 6.45) is -3.78. The van der Waals surface area contributed by atoms with Gasteiger partial charge in [0.15, 0.2) is 0 Å². The molecule has 0 heterocycles. The van der Waals surface area contributed by atoms with Crippen molar-refractivity contribution in [2.45, 2.75) is 31.9 Å². The van der Waals surface area contributed by atoms with Crippen molar-refractivity contribution in [2.75, 3.05) is 5.32 Å². The van der Waals surface area contributed by atoms with Crippen LogP contribution in [0.25, 0.3) is 0 Å². The molecule has 1 rings (SSSR count). The van der Waals surface area contributed by atoms with E-state index in [4.69, 9.17) is 5.11 Å². The monoisotopic (exact) mass is 367 g/mol. The van der Waals surface area contributed by atoms with Gasteiger partial charge in [0.1, 0.15) is 0 Å². The van der Waals surface area contributed by atoms with E-state index in [1.54, 1.807) is 0 Å². The van der Waals surface area contributed by atoms with Crippen LogP contribution in [0.2, 0.25) is 0 Å². The predicted molar refractivity (Wildman–Crippen MR) is 73.9 cm³/mol. The Morgan fingerprint density at radius 3 is 2.38 bits per heavy atom. The molecule has 0 aliphatic rings. The van der Waals surface area contributed by atoms with Crippen LogP contribution >= 0.6 is 15.9 Å². The van der Waals surface area contributed by atoms with Gasteiger partial charge in [0.05, 0.1) is 5.56 Å². The van der Waals surface area contributed by atoms with E-state index < -0.39 is 23.6 Å². The molecule has 116 valence electrons. The number of halogens is 4. The second-order valence-electron chi connectivity index (χ2n) is 4.34. The summed E-state index contributed by atoms with van der Waals surface area (Å²) >= 11 is 2.81. The first-order chi connectivity index (χ1) is 9.70. The summed E-state index contributed by atoms with van der Waals surface area (Å²) in [5.74, 6) is -1.39. The fourth-order valence-electron chi connectivity index (χ4n) is 1.61. The lowest BCUT2D eigenvalue weighted by Crippen LogP contribution is -2.13. The largest absolute Gasteiger partial charge is 0.481 e. The molecule has 8 heteroatoms. The van der Waals surface area contributed by atoms with Crippen LogP contribution in [-0.2, 0) is 15.8 Å². The Bertz CT molecular complexity index is 532. The molecule has 2 N–H and O–H groups in total. The van der Waals surface area contributed by atoms with Crippen LogP contribution in [0.4, 0.5) is 18.9 Å². The number of hydrogen-bond donors (Lipinski definition) is 2. The maximum absolute atomic E-state index is 12.7. The number of amides is 1. The van der Waals surface area contributed by atoms with Crippen molar-refractivity contribution in [3.63, 3.8) is 0 Å². The van der Waals surface area contributed by atoms with Crippen molar-refractivity contribution >= 4 is 33.5 Å². The Morgan fingerprint density at radius 2 is 1.81 bits per heavy atom. The minimum Gasteiger partial charge on any atom is -0.481 e. The topological polar surface area (TPSA) is 66.4 Å². The Labute approximate surface area is 127 Å². The van der Waals surface area contributed by atoms with Crippen LogP contribution < -0.4 is 5.32 Å². The molecule has 0 unspecified atom stereocenters. The van der Waals surface area contributed by atoms with Gasteiger partial charge < -0.3 is 10.4 Å². The highest BCUT2D eigenvalue weighted by atomic mass is 79.9. The number of carbonyl (C=O) groups is 2. The lowest BCUT2D eigenvalue weighted by atomic mass is 10.1. The molecule has 0 bridgehead atoms. The summed E-state index contributed by atoms with van der Waals surface area (Å²) in [6.45, 7) is 0. The SMILES string of the molecule is O=C(O)CCCCC(=O)Nc1ccc(Br)c(C(F)(F)F)c1. The summed E-state index contributed by atoms with van der Waals surface area (Å²) in [4.78, 5) is 21.8. The van der Waals surface area contributed by atoms with Gasteiger partial charge in [0.25, 0.3) is 0 Å². The van der Waals surface area contributed by atoms with Gasteiger partial charge >= 0.3 is 12.1 Å². The van der Waals surface area contributed by atoms with Crippen molar-refractivity contribution < 1.29 is 27.9 Å². The number of benzene rings is 1. The summed E-state index contributed by atoms with van der Waals surface area (Å²) in [5, 5.41) is 10.8. The van der Waals surface area contributed by atoms with Crippen molar-refractivity contribution in [1.29, 1.82) is 0 Å². The third kappa shape index (κ3) is 6.16. The third-order valence-electron chi connectivity index (χ3n) is 2.60. The van der Waals surface area contributed by atoms with E-state index >= 15 is 0 Å². The molecule has 0 saturated heterocycles. The molecule has 0 aromatic heterocycles. The highest BCUT2D eigenvalue weighted by Crippen LogP contribution is 2.36. The second kappa shape index (κ2) is 7.44. The average Bonchev–Trinajstić information content (AvgIpc) is 2.35. The Balaban J connectivity index is 2.59. The molecule has 0 radical (unpaired) electrons. The Hall–Kier alpha value is -1.57. The number of carboxylic acid groups (broad SMARTS) is 1. The Kier molecular flexibility index (Phi) is 6.19. The molecule has 1 aromatic rings. The predicted octanol–water partition coefficient (Wildman–Crippen LogP) is 4.05. The van der Waals surface area contributed by atoms with E-state index in [0.717, 1.165) is 6.07 Å². The van der Waals surface area contributed by atoms with Gasteiger partial charge in [-0.15, -0.1) is 0 Å². The van der Waals surface area contributed by atoms with Gasteiger partial charge in [-0.25, -0.2) is 0 Å². The fourth-order valence-corrected chi connectivity index (χ4v) is 2.08. The Morgan fingerprint density at radius 1 is 1.19 bits per heavy atom. The molecule has 21 heavy (non-hydrogen) atoms. The van der Waals surface area contributed by atoms with Crippen molar-refractivity contribution in [2.24, 2.45) is 0 Å². The average molecular weight is 368 g/mol. The van der Waals surface area contributed by atoms with Gasteiger partial charge in [0, 0.05) is 23.0 Å². The molecule has 0 atom stereocenters. The van der Waals surface area contributed by atoms with E-state index in [9.17, 15) is 22.8 Å². The fraction of sp³-hybridized carbons (Fsp3) is 0.385. The number of rotatable bonds is 6. The first-order valence-electron chi connectivity index (χ1n) is 6.08. The zero-order valence-electron chi connectivity index (χ0n) is 10.8. The molecule has 0 aliphatic carbocycles. The van der Waals surface area contributed by atoms with Gasteiger partial charge in [-0.05, 0) is 31.0 Å². The molecule has 4 nitrogen and oxygen atoms in total. The van der Waals surface area contributed by atoms with Crippen molar-refractivity contribution in [1.82, 2.24) is 0 Å². The molecular weight excluding hydrogens is 355 g/mol. The number of anilines is 1. The molecule has 1 amide bonds. The van der Waals surface area contributed by atoms with E-state index in [-0.39, 0.29) is 23.0 Å². The maximum Gasteiger partial charge on any atom is 0.417 e. The first kappa shape index (κ1) is 17.5. The van der Waals surface area contributed by atoms with Crippen molar-refractivity contribution in [3.05, 3.63) is 28.2 Å². The van der Waals surface area contributed by atoms with Crippen LogP contribution in [0.3, 0.4) is 0 Å². The van der Waals surface area contributed by atoms with Crippen LogP contribution in [0.1, 0.15) is 31.2 Å². The number of nitrogens with one attached hydrogen (secondary N) is 1. The minimum absolute atomic E-state index is 0.0379. The summed E-state index contributed by atoms with van der Waals surface area (Å²) in [6, 6.07) is 3.41. The lowest BCUT2D eigenvalue weighted by Gasteiger charge is -2.12. The number of unbranched alkanes of at least 4 members (excludes halogenated alkanes) is 1. The zero-order valence-corrected chi connectivity index (χ0v) is 12.4. The number of hydrogen-bond acceptors (Lipinski definition) is 2. The minimum atomic E-state index is -4.51. The molecular formula is C13H13BrF3NO3. The van der Waals surface area contributed by atoms with E-state index in [1.807, 2.05) is 0 Å². The highest BCUT2D eigenvalue weighted by Gasteiger charge is 2.33. The molecule has 0 saturated carbocycles. The standard InChI is InChI=1S/C13H13BrF3NO3/c14-10-6-5-8(7-9(10)13(15,16)17)18-11(19)3-1-2-4-12(20)21/h5-7H,1-4H2,(H,18,19)(H,20,21). The van der Waals surface area contributed by atoms with E-state index in [2.05, 4.69) is 21.2 Å². The molecule has 1 aromatic carbocycles. The maximum atomic E-state index is 12.7. The number of carboxylic acids is 1. The van der Waals surface area contributed by atoms with Gasteiger partial charge in [0.2, 0.25) is 5.91 Å². The number of carbonyl (C=O) groups excluding carboxylic acids is 1. The quantitative estimate of drug-likeness (QED) is 0.745. The van der Waals surface area contributed by atoms with Crippen LogP contribution in [-0.4, -0.2) is 17.0 Å². The van der Waals surface area contributed by atoms with E-state index in [1.165, 1.54) is 12.1 Å². The second-order valence-corrected chi connectivity index (χ2v) is 5.20. The summed E-state index contributed by atoms with van der Waals surface area (Å²) in [5.41, 5.74) is -0.820. The molecule has 0 fully saturated rings. The van der Waals surface area contributed by atoms with Crippen LogP contribution in [0, 0.1) is 0 Å². The normalized spacial score (nSPS) is 11.2. The van der Waals surface area contributed by atoms with Gasteiger partial charge in [-0.3, -0.25) is 9.59 Å². The zero-order chi connectivity index (χ0) is 16.0.